The standard InChI is InChI=1S/C9H9IN2/c1-12-6-8(11-10)7-4-2-3-5-9(7)12/h2-6,11H,1H3. The summed E-state index contributed by atoms with van der Waals surface area (Å²) in [7, 11) is 2.06. The number of rotatable bonds is 1. The van der Waals surface area contributed by atoms with Crippen LogP contribution in [0.5, 0.6) is 0 Å². The van der Waals surface area contributed by atoms with Gasteiger partial charge < -0.3 is 8.10 Å². The van der Waals surface area contributed by atoms with E-state index in [1.807, 2.05) is 0 Å². The fraction of sp³-hybridized carbons (Fsp3) is 0.111. The number of fused-ring (bicyclic) bond motifs is 1. The summed E-state index contributed by atoms with van der Waals surface area (Å²) in [6, 6.07) is 8.35. The highest BCUT2D eigenvalue weighted by atomic mass is 127. The molecule has 0 aliphatic carbocycles. The zero-order valence-corrected chi connectivity index (χ0v) is 8.87. The van der Waals surface area contributed by atoms with E-state index in [1.165, 1.54) is 16.6 Å². The van der Waals surface area contributed by atoms with Gasteiger partial charge >= 0.3 is 0 Å². The van der Waals surface area contributed by atoms with E-state index in [0.29, 0.717) is 0 Å². The number of benzene rings is 1. The molecule has 0 bridgehead atoms. The van der Waals surface area contributed by atoms with Gasteiger partial charge in [-0.15, -0.1) is 0 Å². The first-order chi connectivity index (χ1) is 5.83. The first-order valence-corrected chi connectivity index (χ1v) is 4.81. The number of aromatic nitrogens is 1. The summed E-state index contributed by atoms with van der Waals surface area (Å²) in [5.41, 5.74) is 2.44. The molecule has 0 aliphatic heterocycles. The fourth-order valence-electron chi connectivity index (χ4n) is 1.42. The lowest BCUT2D eigenvalue weighted by molar-refractivity contribution is 0.971. The first kappa shape index (κ1) is 7.91. The Morgan fingerprint density at radius 1 is 1.33 bits per heavy atom. The lowest BCUT2D eigenvalue weighted by Gasteiger charge is -1.93. The number of nitrogens with zero attached hydrogens (tertiary/aromatic N) is 1. The van der Waals surface area contributed by atoms with Crippen LogP contribution in [0.2, 0.25) is 0 Å². The molecule has 1 N–H and O–H groups in total. The minimum atomic E-state index is 1.17. The summed E-state index contributed by atoms with van der Waals surface area (Å²) in [6.07, 6.45) is 2.09. The smallest absolute Gasteiger partial charge is 0.0686 e. The molecule has 0 fully saturated rings. The largest absolute Gasteiger partial charge is 0.348 e. The highest BCUT2D eigenvalue weighted by Crippen LogP contribution is 2.25. The highest BCUT2D eigenvalue weighted by molar-refractivity contribution is 14.1. The predicted octanol–water partition coefficient (Wildman–Crippen LogP) is 2.94. The Labute approximate surface area is 85.1 Å². The number of aryl methyl sites for hydroxylation is 1. The molecular formula is C9H9IN2. The van der Waals surface area contributed by atoms with Crippen molar-refractivity contribution >= 4 is 39.5 Å². The van der Waals surface area contributed by atoms with Gasteiger partial charge in [0.25, 0.3) is 0 Å². The molecule has 0 saturated carbocycles. The molecule has 0 radical (unpaired) electrons. The van der Waals surface area contributed by atoms with Crippen molar-refractivity contribution in [2.24, 2.45) is 7.05 Å². The Morgan fingerprint density at radius 2 is 2.08 bits per heavy atom. The third-order valence-corrected chi connectivity index (χ3v) is 2.58. The van der Waals surface area contributed by atoms with Crippen LogP contribution in [0.15, 0.2) is 30.5 Å². The Morgan fingerprint density at radius 3 is 2.83 bits per heavy atom. The van der Waals surface area contributed by atoms with Gasteiger partial charge in [-0.25, -0.2) is 0 Å². The molecule has 62 valence electrons. The van der Waals surface area contributed by atoms with Gasteiger partial charge in [-0.3, -0.25) is 0 Å². The summed E-state index contributed by atoms with van der Waals surface area (Å²) < 4.78 is 5.26. The summed E-state index contributed by atoms with van der Waals surface area (Å²) in [6.45, 7) is 0. The monoisotopic (exact) mass is 272 g/mol. The van der Waals surface area contributed by atoms with E-state index in [0.717, 1.165) is 0 Å². The van der Waals surface area contributed by atoms with Crippen LogP contribution in [0.1, 0.15) is 0 Å². The van der Waals surface area contributed by atoms with E-state index in [4.69, 9.17) is 0 Å². The second-order valence-electron chi connectivity index (χ2n) is 2.77. The van der Waals surface area contributed by atoms with E-state index in [2.05, 4.69) is 68.5 Å². The van der Waals surface area contributed by atoms with Crippen LogP contribution >= 0.6 is 22.9 Å². The number of para-hydroxylation sites is 1. The SMILES string of the molecule is Cn1cc(NI)c2ccccc21. The lowest BCUT2D eigenvalue weighted by atomic mass is 10.2. The van der Waals surface area contributed by atoms with Crippen LogP contribution < -0.4 is 3.53 Å². The Hall–Kier alpha value is -0.710. The zero-order valence-electron chi connectivity index (χ0n) is 6.71. The van der Waals surface area contributed by atoms with Crippen molar-refractivity contribution in [2.75, 3.05) is 3.53 Å². The molecular weight excluding hydrogens is 263 g/mol. The van der Waals surface area contributed by atoms with Crippen LogP contribution in [-0.2, 0) is 7.05 Å². The van der Waals surface area contributed by atoms with E-state index >= 15 is 0 Å². The topological polar surface area (TPSA) is 17.0 Å². The minimum absolute atomic E-state index is 1.17. The van der Waals surface area contributed by atoms with Crippen LogP contribution in [0.25, 0.3) is 10.9 Å². The summed E-state index contributed by atoms with van der Waals surface area (Å²) in [5.74, 6) is 0. The van der Waals surface area contributed by atoms with Gasteiger partial charge in [0.1, 0.15) is 0 Å². The van der Waals surface area contributed by atoms with Gasteiger partial charge in [0.05, 0.1) is 28.6 Å². The molecule has 2 aromatic rings. The van der Waals surface area contributed by atoms with Gasteiger partial charge in [-0.05, 0) is 6.07 Å². The normalized spacial score (nSPS) is 10.5. The highest BCUT2D eigenvalue weighted by Gasteiger charge is 2.02. The maximum absolute atomic E-state index is 3.14. The quantitative estimate of drug-likeness (QED) is 0.624. The van der Waals surface area contributed by atoms with E-state index in [-0.39, 0.29) is 0 Å². The minimum Gasteiger partial charge on any atom is -0.348 e. The van der Waals surface area contributed by atoms with Crippen molar-refractivity contribution in [3.63, 3.8) is 0 Å². The van der Waals surface area contributed by atoms with Crippen molar-refractivity contribution in [1.29, 1.82) is 0 Å². The molecule has 12 heavy (non-hydrogen) atoms. The van der Waals surface area contributed by atoms with Crippen LogP contribution in [0.3, 0.4) is 0 Å². The van der Waals surface area contributed by atoms with Gasteiger partial charge in [0, 0.05) is 24.1 Å². The maximum Gasteiger partial charge on any atom is 0.0686 e. The van der Waals surface area contributed by atoms with Crippen molar-refractivity contribution in [1.82, 2.24) is 4.57 Å². The third kappa shape index (κ3) is 1.08. The zero-order chi connectivity index (χ0) is 8.55. The molecule has 2 rings (SSSR count). The molecule has 0 atom stereocenters. The molecule has 0 aliphatic rings. The predicted molar refractivity (Wildman–Crippen MR) is 60.6 cm³/mol. The van der Waals surface area contributed by atoms with Crippen LogP contribution in [0.4, 0.5) is 5.69 Å². The maximum atomic E-state index is 3.14. The Balaban J connectivity index is 2.82. The average molecular weight is 272 g/mol. The molecule has 0 saturated heterocycles. The number of nitrogens with one attached hydrogen (secondary N) is 1. The van der Waals surface area contributed by atoms with Crippen molar-refractivity contribution < 1.29 is 0 Å². The summed E-state index contributed by atoms with van der Waals surface area (Å²) in [5, 5.41) is 1.27. The number of halogens is 1. The second kappa shape index (κ2) is 2.97. The molecule has 0 unspecified atom stereocenters. The summed E-state index contributed by atoms with van der Waals surface area (Å²) >= 11 is 2.15. The fourth-order valence-corrected chi connectivity index (χ4v) is 1.85. The van der Waals surface area contributed by atoms with E-state index in [1.54, 1.807) is 0 Å². The Bertz CT molecular complexity index is 406. The van der Waals surface area contributed by atoms with Crippen molar-refractivity contribution in [3.05, 3.63) is 30.5 Å². The van der Waals surface area contributed by atoms with Crippen LogP contribution in [0, 0.1) is 0 Å². The third-order valence-electron chi connectivity index (χ3n) is 2.00. The molecule has 0 amide bonds. The second-order valence-corrected chi connectivity index (χ2v) is 3.30. The van der Waals surface area contributed by atoms with Crippen molar-refractivity contribution in [2.45, 2.75) is 0 Å². The van der Waals surface area contributed by atoms with Gasteiger partial charge in [-0.1, -0.05) is 18.2 Å². The number of hydrogen-bond donors (Lipinski definition) is 1. The molecule has 0 spiro atoms. The average Bonchev–Trinajstić information content (AvgIpc) is 2.44. The number of hydrogen-bond acceptors (Lipinski definition) is 1. The molecule has 3 heteroatoms. The first-order valence-electron chi connectivity index (χ1n) is 3.73. The van der Waals surface area contributed by atoms with E-state index in [9.17, 15) is 0 Å². The molecule has 1 aromatic carbocycles. The van der Waals surface area contributed by atoms with Crippen LogP contribution in [-0.4, -0.2) is 4.57 Å². The lowest BCUT2D eigenvalue weighted by Crippen LogP contribution is -1.81. The summed E-state index contributed by atoms with van der Waals surface area (Å²) in [4.78, 5) is 0. The molecule has 1 aromatic heterocycles. The van der Waals surface area contributed by atoms with E-state index < -0.39 is 0 Å². The van der Waals surface area contributed by atoms with Gasteiger partial charge in [0.15, 0.2) is 0 Å². The number of anilines is 1. The van der Waals surface area contributed by atoms with Crippen molar-refractivity contribution in [3.8, 4) is 0 Å². The van der Waals surface area contributed by atoms with Gasteiger partial charge in [0.2, 0.25) is 0 Å². The molecule has 2 nitrogen and oxygen atoms in total. The Kier molecular flexibility index (Phi) is 1.96. The van der Waals surface area contributed by atoms with Gasteiger partial charge in [-0.2, -0.15) is 0 Å². The molecule has 1 heterocycles.